The Bertz CT molecular complexity index is 248. The van der Waals surface area contributed by atoms with Crippen LogP contribution in [0.5, 0.6) is 0 Å². The number of rotatable bonds is 7. The first-order valence-electron chi connectivity index (χ1n) is 6.85. The van der Waals surface area contributed by atoms with Crippen LogP contribution in [0, 0.1) is 5.92 Å². The number of carbonyl (C=O) groups excluding carboxylic acids is 1. The first kappa shape index (κ1) is 12.8. The molecule has 1 aliphatic heterocycles. The van der Waals surface area contributed by atoms with E-state index in [9.17, 15) is 4.79 Å². The van der Waals surface area contributed by atoms with Crippen molar-refractivity contribution in [3.8, 4) is 0 Å². The first-order valence-corrected chi connectivity index (χ1v) is 6.85. The summed E-state index contributed by atoms with van der Waals surface area (Å²) in [6, 6.07) is -0.0569. The normalized spacial score (nSPS) is 22.6. The summed E-state index contributed by atoms with van der Waals surface area (Å²) in [4.78, 5) is 14.1. The molecule has 17 heavy (non-hydrogen) atoms. The summed E-state index contributed by atoms with van der Waals surface area (Å²) in [6.07, 6.45) is 6.15. The summed E-state index contributed by atoms with van der Waals surface area (Å²) in [6.45, 7) is 4.59. The molecule has 4 nitrogen and oxygen atoms in total. The van der Waals surface area contributed by atoms with Crippen LogP contribution in [0.4, 0.5) is 0 Å². The molecule has 2 aliphatic rings. The van der Waals surface area contributed by atoms with Gasteiger partial charge in [-0.25, -0.2) is 0 Å². The van der Waals surface area contributed by atoms with E-state index in [0.29, 0.717) is 5.92 Å². The molecule has 0 amide bonds. The third kappa shape index (κ3) is 3.96. The van der Waals surface area contributed by atoms with Gasteiger partial charge in [-0.15, -0.1) is 0 Å². The van der Waals surface area contributed by atoms with Crippen LogP contribution in [0.2, 0.25) is 0 Å². The second kappa shape index (κ2) is 6.36. The lowest BCUT2D eigenvalue weighted by atomic mass is 10.2. The van der Waals surface area contributed by atoms with E-state index in [-0.39, 0.29) is 12.0 Å². The fourth-order valence-electron chi connectivity index (χ4n) is 2.57. The van der Waals surface area contributed by atoms with E-state index < -0.39 is 0 Å². The molecular formula is C13H24N2O2. The molecule has 1 saturated carbocycles. The molecule has 2 fully saturated rings. The number of hydrogen-bond acceptors (Lipinski definition) is 4. The molecule has 2 rings (SSSR count). The lowest BCUT2D eigenvalue weighted by Crippen LogP contribution is -2.40. The summed E-state index contributed by atoms with van der Waals surface area (Å²) >= 11 is 0. The first-order chi connectivity index (χ1) is 8.31. The standard InChI is InChI=1S/C13H24N2O2/c1-17-13(16)12(11-5-6-11)14-7-4-10-15-8-2-3-9-15/h11-12,14H,2-10H2,1H3. The van der Waals surface area contributed by atoms with Gasteiger partial charge in [-0.05, 0) is 64.2 Å². The van der Waals surface area contributed by atoms with Crippen molar-refractivity contribution in [3.63, 3.8) is 0 Å². The zero-order valence-corrected chi connectivity index (χ0v) is 10.8. The molecule has 0 spiro atoms. The van der Waals surface area contributed by atoms with Gasteiger partial charge in [0.2, 0.25) is 0 Å². The molecule has 0 aromatic rings. The fourth-order valence-corrected chi connectivity index (χ4v) is 2.57. The summed E-state index contributed by atoms with van der Waals surface area (Å²) in [5.41, 5.74) is 0. The SMILES string of the molecule is COC(=O)C(NCCCN1CCCC1)C1CC1. The molecule has 1 saturated heterocycles. The van der Waals surface area contributed by atoms with Crippen molar-refractivity contribution < 1.29 is 9.53 Å². The van der Waals surface area contributed by atoms with Crippen LogP contribution in [0.3, 0.4) is 0 Å². The van der Waals surface area contributed by atoms with E-state index in [0.717, 1.165) is 19.5 Å². The molecule has 0 radical (unpaired) electrons. The Labute approximate surface area is 104 Å². The molecule has 0 bridgehead atoms. The average molecular weight is 240 g/mol. The maximum atomic E-state index is 11.5. The Morgan fingerprint density at radius 3 is 2.71 bits per heavy atom. The third-order valence-electron chi connectivity index (χ3n) is 3.76. The molecule has 0 aromatic heterocycles. The monoisotopic (exact) mass is 240 g/mol. The Morgan fingerprint density at radius 2 is 2.12 bits per heavy atom. The van der Waals surface area contributed by atoms with E-state index in [1.54, 1.807) is 0 Å². The number of likely N-dealkylation sites (tertiary alicyclic amines) is 1. The van der Waals surface area contributed by atoms with Crippen molar-refractivity contribution in [1.29, 1.82) is 0 Å². The number of esters is 1. The minimum Gasteiger partial charge on any atom is -0.468 e. The number of nitrogens with one attached hydrogen (secondary N) is 1. The Morgan fingerprint density at radius 1 is 1.41 bits per heavy atom. The van der Waals surface area contributed by atoms with Crippen molar-refractivity contribution in [2.24, 2.45) is 5.92 Å². The third-order valence-corrected chi connectivity index (χ3v) is 3.76. The van der Waals surface area contributed by atoms with Crippen LogP contribution in [-0.2, 0) is 9.53 Å². The van der Waals surface area contributed by atoms with Gasteiger partial charge in [0.15, 0.2) is 0 Å². The molecule has 1 aliphatic carbocycles. The highest BCUT2D eigenvalue weighted by Gasteiger charge is 2.36. The summed E-state index contributed by atoms with van der Waals surface area (Å²) in [5, 5.41) is 3.36. The minimum atomic E-state index is -0.0892. The molecule has 1 atom stereocenters. The van der Waals surface area contributed by atoms with Crippen LogP contribution in [0.15, 0.2) is 0 Å². The molecule has 1 N–H and O–H groups in total. The van der Waals surface area contributed by atoms with E-state index in [2.05, 4.69) is 10.2 Å². The zero-order valence-electron chi connectivity index (χ0n) is 10.8. The topological polar surface area (TPSA) is 41.6 Å². The van der Waals surface area contributed by atoms with E-state index in [1.807, 2.05) is 0 Å². The van der Waals surface area contributed by atoms with Gasteiger partial charge < -0.3 is 15.0 Å². The Kier molecular flexibility index (Phi) is 4.80. The molecule has 98 valence electrons. The maximum Gasteiger partial charge on any atom is 0.323 e. The summed E-state index contributed by atoms with van der Waals surface area (Å²) in [7, 11) is 1.48. The predicted octanol–water partition coefficient (Wildman–Crippen LogP) is 1.01. The van der Waals surface area contributed by atoms with E-state index in [1.165, 1.54) is 45.9 Å². The zero-order chi connectivity index (χ0) is 12.1. The summed E-state index contributed by atoms with van der Waals surface area (Å²) < 4.78 is 4.83. The Hall–Kier alpha value is -0.610. The van der Waals surface area contributed by atoms with Gasteiger partial charge in [-0.1, -0.05) is 0 Å². The maximum absolute atomic E-state index is 11.5. The molecule has 4 heteroatoms. The van der Waals surface area contributed by atoms with Gasteiger partial charge in [0.25, 0.3) is 0 Å². The van der Waals surface area contributed by atoms with Gasteiger partial charge >= 0.3 is 5.97 Å². The van der Waals surface area contributed by atoms with E-state index in [4.69, 9.17) is 4.74 Å². The predicted molar refractivity (Wildman–Crippen MR) is 66.8 cm³/mol. The number of ether oxygens (including phenoxy) is 1. The highest BCUT2D eigenvalue weighted by molar-refractivity contribution is 5.76. The van der Waals surface area contributed by atoms with Crippen LogP contribution >= 0.6 is 0 Å². The average Bonchev–Trinajstić information content (AvgIpc) is 3.04. The van der Waals surface area contributed by atoms with Crippen LogP contribution in [0.25, 0.3) is 0 Å². The highest BCUT2D eigenvalue weighted by Crippen LogP contribution is 2.33. The lowest BCUT2D eigenvalue weighted by Gasteiger charge is -2.18. The molecule has 1 heterocycles. The van der Waals surface area contributed by atoms with Crippen LogP contribution in [0.1, 0.15) is 32.1 Å². The second-order valence-corrected chi connectivity index (χ2v) is 5.19. The van der Waals surface area contributed by atoms with Crippen molar-refractivity contribution in [2.45, 2.75) is 38.1 Å². The van der Waals surface area contributed by atoms with Gasteiger partial charge in [-0.2, -0.15) is 0 Å². The number of nitrogens with zero attached hydrogens (tertiary/aromatic N) is 1. The highest BCUT2D eigenvalue weighted by atomic mass is 16.5. The van der Waals surface area contributed by atoms with Gasteiger partial charge in [0.05, 0.1) is 7.11 Å². The van der Waals surface area contributed by atoms with Gasteiger partial charge in [-0.3, -0.25) is 4.79 Å². The number of methoxy groups -OCH3 is 1. The second-order valence-electron chi connectivity index (χ2n) is 5.19. The quantitative estimate of drug-likeness (QED) is 0.533. The van der Waals surface area contributed by atoms with Gasteiger partial charge in [0.1, 0.15) is 6.04 Å². The van der Waals surface area contributed by atoms with Gasteiger partial charge in [0, 0.05) is 0 Å². The minimum absolute atomic E-state index is 0.0569. The molecule has 1 unspecified atom stereocenters. The molecule has 0 aromatic carbocycles. The van der Waals surface area contributed by atoms with Crippen molar-refractivity contribution in [1.82, 2.24) is 10.2 Å². The van der Waals surface area contributed by atoms with Crippen LogP contribution in [-0.4, -0.2) is 50.2 Å². The molecular weight excluding hydrogens is 216 g/mol. The van der Waals surface area contributed by atoms with Crippen molar-refractivity contribution in [3.05, 3.63) is 0 Å². The lowest BCUT2D eigenvalue weighted by molar-refractivity contribution is -0.143. The largest absolute Gasteiger partial charge is 0.468 e. The fraction of sp³-hybridized carbons (Fsp3) is 0.923. The smallest absolute Gasteiger partial charge is 0.323 e. The Balaban J connectivity index is 1.60. The van der Waals surface area contributed by atoms with E-state index >= 15 is 0 Å². The van der Waals surface area contributed by atoms with Crippen molar-refractivity contribution in [2.75, 3.05) is 33.3 Å². The number of hydrogen-bond donors (Lipinski definition) is 1. The van der Waals surface area contributed by atoms with Crippen LogP contribution < -0.4 is 5.32 Å². The van der Waals surface area contributed by atoms with Crippen molar-refractivity contribution >= 4 is 5.97 Å². The number of carbonyl (C=O) groups is 1. The summed E-state index contributed by atoms with van der Waals surface area (Å²) in [5.74, 6) is 0.433.